The van der Waals surface area contributed by atoms with Crippen LogP contribution < -0.4 is 0 Å². The quantitative estimate of drug-likeness (QED) is 0.668. The van der Waals surface area contributed by atoms with Crippen LogP contribution in [0.5, 0.6) is 0 Å². The average molecular weight is 318 g/mol. The molecule has 1 aromatic rings. The van der Waals surface area contributed by atoms with E-state index in [1.54, 1.807) is 0 Å². The Kier molecular flexibility index (Phi) is 3.67. The van der Waals surface area contributed by atoms with Crippen LogP contribution in [-0.4, -0.2) is 0 Å². The Morgan fingerprint density at radius 2 is 1.64 bits per heavy atom. The standard InChI is InChI=1S/C12H14Br2/c13-11-7-5-10(6-8-11)12(14)9-3-1-2-4-9/h5-9,12H,1-4H2. The molecule has 2 rings (SSSR count). The molecular formula is C12H14Br2. The van der Waals surface area contributed by atoms with Gasteiger partial charge in [-0.3, -0.25) is 0 Å². The molecule has 1 aromatic carbocycles. The Labute approximate surface area is 102 Å². The van der Waals surface area contributed by atoms with Gasteiger partial charge in [-0.1, -0.05) is 56.8 Å². The number of alkyl halides is 1. The molecule has 0 radical (unpaired) electrons. The molecule has 0 saturated heterocycles. The van der Waals surface area contributed by atoms with Crippen molar-refractivity contribution in [3.63, 3.8) is 0 Å². The first-order valence-electron chi connectivity index (χ1n) is 5.17. The second-order valence-corrected chi connectivity index (χ2v) is 5.90. The van der Waals surface area contributed by atoms with Gasteiger partial charge in [0.25, 0.3) is 0 Å². The molecule has 76 valence electrons. The van der Waals surface area contributed by atoms with Gasteiger partial charge in [0.2, 0.25) is 0 Å². The number of hydrogen-bond acceptors (Lipinski definition) is 0. The van der Waals surface area contributed by atoms with Crippen LogP contribution in [0.2, 0.25) is 0 Å². The first kappa shape index (κ1) is 10.7. The summed E-state index contributed by atoms with van der Waals surface area (Å²) >= 11 is 7.28. The topological polar surface area (TPSA) is 0 Å². The Morgan fingerprint density at radius 1 is 1.07 bits per heavy atom. The summed E-state index contributed by atoms with van der Waals surface area (Å²) in [5, 5.41) is 0. The smallest absolute Gasteiger partial charge is 0.0423 e. The summed E-state index contributed by atoms with van der Waals surface area (Å²) in [5.74, 6) is 0.844. The number of benzene rings is 1. The largest absolute Gasteiger partial charge is 0.0836 e. The summed E-state index contributed by atoms with van der Waals surface area (Å²) in [5.41, 5.74) is 1.42. The summed E-state index contributed by atoms with van der Waals surface area (Å²) in [6.45, 7) is 0. The van der Waals surface area contributed by atoms with Crippen LogP contribution in [0.15, 0.2) is 28.7 Å². The van der Waals surface area contributed by atoms with Crippen molar-refractivity contribution in [1.29, 1.82) is 0 Å². The molecule has 1 saturated carbocycles. The van der Waals surface area contributed by atoms with E-state index in [-0.39, 0.29) is 0 Å². The van der Waals surface area contributed by atoms with Gasteiger partial charge in [-0.25, -0.2) is 0 Å². The zero-order valence-corrected chi connectivity index (χ0v) is 11.2. The van der Waals surface area contributed by atoms with Crippen molar-refractivity contribution in [3.05, 3.63) is 34.3 Å². The van der Waals surface area contributed by atoms with Crippen LogP contribution in [0.1, 0.15) is 36.1 Å². The number of halogens is 2. The first-order chi connectivity index (χ1) is 6.77. The van der Waals surface area contributed by atoms with Crippen LogP contribution in [0.25, 0.3) is 0 Å². The van der Waals surface area contributed by atoms with Gasteiger partial charge in [-0.2, -0.15) is 0 Å². The van der Waals surface area contributed by atoms with Crippen LogP contribution >= 0.6 is 31.9 Å². The predicted octanol–water partition coefficient (Wildman–Crippen LogP) is 5.08. The van der Waals surface area contributed by atoms with Crippen molar-refractivity contribution in [2.24, 2.45) is 5.92 Å². The Morgan fingerprint density at radius 3 is 2.21 bits per heavy atom. The summed E-state index contributed by atoms with van der Waals surface area (Å²) in [6.07, 6.45) is 5.57. The molecular weight excluding hydrogens is 304 g/mol. The summed E-state index contributed by atoms with van der Waals surface area (Å²) < 4.78 is 1.16. The SMILES string of the molecule is Brc1ccc(C(Br)C2CCCC2)cc1. The molecule has 1 atom stereocenters. The predicted molar refractivity (Wildman–Crippen MR) is 67.8 cm³/mol. The van der Waals surface area contributed by atoms with Gasteiger partial charge in [0.1, 0.15) is 0 Å². The molecule has 0 nitrogen and oxygen atoms in total. The van der Waals surface area contributed by atoms with Crippen LogP contribution in [0, 0.1) is 5.92 Å². The molecule has 0 bridgehead atoms. The van der Waals surface area contributed by atoms with E-state index in [1.165, 1.54) is 31.2 Å². The molecule has 1 aliphatic rings. The van der Waals surface area contributed by atoms with Gasteiger partial charge in [-0.05, 0) is 36.5 Å². The van der Waals surface area contributed by atoms with E-state index in [0.29, 0.717) is 4.83 Å². The third-order valence-corrected chi connectivity index (χ3v) is 4.81. The first-order valence-corrected chi connectivity index (χ1v) is 6.88. The summed E-state index contributed by atoms with van der Waals surface area (Å²) in [7, 11) is 0. The molecule has 1 fully saturated rings. The van der Waals surface area contributed by atoms with Gasteiger partial charge < -0.3 is 0 Å². The third-order valence-electron chi connectivity index (χ3n) is 3.00. The third kappa shape index (κ3) is 2.40. The molecule has 0 aliphatic heterocycles. The van der Waals surface area contributed by atoms with Crippen molar-refractivity contribution in [2.45, 2.75) is 30.5 Å². The van der Waals surface area contributed by atoms with Crippen LogP contribution in [0.4, 0.5) is 0 Å². The molecule has 1 unspecified atom stereocenters. The lowest BCUT2D eigenvalue weighted by Crippen LogP contribution is -2.02. The van der Waals surface area contributed by atoms with E-state index < -0.39 is 0 Å². The normalized spacial score (nSPS) is 19.9. The second-order valence-electron chi connectivity index (χ2n) is 4.00. The monoisotopic (exact) mass is 316 g/mol. The Balaban J connectivity index is 2.09. The highest BCUT2D eigenvalue weighted by Gasteiger charge is 2.23. The minimum atomic E-state index is 0.554. The van der Waals surface area contributed by atoms with Crippen molar-refractivity contribution < 1.29 is 0 Å². The minimum absolute atomic E-state index is 0.554. The Bertz CT molecular complexity index is 286. The van der Waals surface area contributed by atoms with E-state index in [0.717, 1.165) is 10.4 Å². The highest BCUT2D eigenvalue weighted by atomic mass is 79.9. The fourth-order valence-electron chi connectivity index (χ4n) is 2.17. The van der Waals surface area contributed by atoms with E-state index in [2.05, 4.69) is 56.1 Å². The van der Waals surface area contributed by atoms with Crippen LogP contribution in [-0.2, 0) is 0 Å². The molecule has 2 heteroatoms. The van der Waals surface area contributed by atoms with E-state index in [4.69, 9.17) is 0 Å². The molecule has 1 aliphatic carbocycles. The Hall–Kier alpha value is 0.180. The van der Waals surface area contributed by atoms with E-state index >= 15 is 0 Å². The highest BCUT2D eigenvalue weighted by Crippen LogP contribution is 2.41. The molecule has 0 spiro atoms. The number of rotatable bonds is 2. The molecule has 0 aromatic heterocycles. The van der Waals surface area contributed by atoms with Gasteiger partial charge in [-0.15, -0.1) is 0 Å². The summed E-state index contributed by atoms with van der Waals surface area (Å²) in [4.78, 5) is 0.554. The zero-order chi connectivity index (χ0) is 9.97. The van der Waals surface area contributed by atoms with E-state index in [1.807, 2.05) is 0 Å². The summed E-state index contributed by atoms with van der Waals surface area (Å²) in [6, 6.07) is 8.67. The average Bonchev–Trinajstić information content (AvgIpc) is 2.71. The fourth-order valence-corrected chi connectivity index (χ4v) is 3.27. The highest BCUT2D eigenvalue weighted by molar-refractivity contribution is 9.10. The van der Waals surface area contributed by atoms with Gasteiger partial charge in [0.15, 0.2) is 0 Å². The lowest BCUT2D eigenvalue weighted by atomic mass is 9.98. The molecule has 0 N–H and O–H groups in total. The van der Waals surface area contributed by atoms with Crippen molar-refractivity contribution >= 4 is 31.9 Å². The van der Waals surface area contributed by atoms with Crippen molar-refractivity contribution in [3.8, 4) is 0 Å². The minimum Gasteiger partial charge on any atom is -0.0836 e. The van der Waals surface area contributed by atoms with Crippen LogP contribution in [0.3, 0.4) is 0 Å². The molecule has 14 heavy (non-hydrogen) atoms. The fraction of sp³-hybridized carbons (Fsp3) is 0.500. The van der Waals surface area contributed by atoms with E-state index in [9.17, 15) is 0 Å². The second kappa shape index (κ2) is 4.80. The maximum Gasteiger partial charge on any atom is 0.0423 e. The van der Waals surface area contributed by atoms with Gasteiger partial charge in [0, 0.05) is 9.30 Å². The lowest BCUT2D eigenvalue weighted by molar-refractivity contribution is 0.542. The molecule has 0 amide bonds. The molecule has 0 heterocycles. The lowest BCUT2D eigenvalue weighted by Gasteiger charge is -2.17. The van der Waals surface area contributed by atoms with Gasteiger partial charge in [0.05, 0.1) is 0 Å². The number of hydrogen-bond donors (Lipinski definition) is 0. The van der Waals surface area contributed by atoms with Gasteiger partial charge >= 0.3 is 0 Å². The van der Waals surface area contributed by atoms with Crippen molar-refractivity contribution in [2.75, 3.05) is 0 Å². The maximum atomic E-state index is 3.82. The maximum absolute atomic E-state index is 3.82. The zero-order valence-electron chi connectivity index (χ0n) is 8.05. The van der Waals surface area contributed by atoms with Crippen molar-refractivity contribution in [1.82, 2.24) is 0 Å².